The van der Waals surface area contributed by atoms with Crippen LogP contribution in [0.25, 0.3) is 0 Å². The molecule has 0 atom stereocenters. The van der Waals surface area contributed by atoms with Gasteiger partial charge >= 0.3 is 0 Å². The molecule has 0 aliphatic carbocycles. The van der Waals surface area contributed by atoms with Gasteiger partial charge in [0.1, 0.15) is 0 Å². The largest absolute Gasteiger partial charge is 0.295 e. The van der Waals surface area contributed by atoms with Gasteiger partial charge in [0.05, 0.1) is 0 Å². The third-order valence-electron chi connectivity index (χ3n) is 2.55. The second-order valence-electron chi connectivity index (χ2n) is 4.63. The summed E-state index contributed by atoms with van der Waals surface area (Å²) in [5.74, 6) is 0.119. The summed E-state index contributed by atoms with van der Waals surface area (Å²) in [5, 5.41) is 0. The summed E-state index contributed by atoms with van der Waals surface area (Å²) in [6, 6.07) is 7.81. The fourth-order valence-corrected chi connectivity index (χ4v) is 1.50. The monoisotopic (exact) mass is 202 g/mol. The Hall–Kier alpha value is -1.37. The van der Waals surface area contributed by atoms with Crippen LogP contribution in [0.1, 0.15) is 36.7 Å². The Morgan fingerprint density at radius 2 is 2.13 bits per heavy atom. The van der Waals surface area contributed by atoms with Crippen LogP contribution < -0.4 is 0 Å². The van der Waals surface area contributed by atoms with E-state index < -0.39 is 0 Å². The number of benzene rings is 1. The molecule has 0 N–H and O–H groups in total. The maximum Gasteiger partial charge on any atom is 0.159 e. The number of ketones is 1. The first-order valence-electron chi connectivity index (χ1n) is 5.18. The summed E-state index contributed by atoms with van der Waals surface area (Å²) in [5.41, 5.74) is 2.05. The SMILES string of the molecule is C=CC(C)(C)Cc1cccc(C(C)=O)c1. The molecule has 15 heavy (non-hydrogen) atoms. The molecular formula is C14H18O. The molecule has 1 nitrogen and oxygen atoms in total. The molecular weight excluding hydrogens is 184 g/mol. The van der Waals surface area contributed by atoms with E-state index in [1.165, 1.54) is 5.56 Å². The van der Waals surface area contributed by atoms with E-state index in [-0.39, 0.29) is 11.2 Å². The average Bonchev–Trinajstić information content (AvgIpc) is 2.17. The highest BCUT2D eigenvalue weighted by Crippen LogP contribution is 2.23. The van der Waals surface area contributed by atoms with Crippen molar-refractivity contribution < 1.29 is 4.79 Å². The van der Waals surface area contributed by atoms with Gasteiger partial charge in [0.25, 0.3) is 0 Å². The number of rotatable bonds is 4. The van der Waals surface area contributed by atoms with Crippen LogP contribution in [-0.2, 0) is 6.42 Å². The summed E-state index contributed by atoms with van der Waals surface area (Å²) in [6.07, 6.45) is 2.87. The van der Waals surface area contributed by atoms with Crippen LogP contribution in [0.15, 0.2) is 36.9 Å². The molecule has 1 aromatic carbocycles. The van der Waals surface area contributed by atoms with E-state index in [2.05, 4.69) is 26.5 Å². The van der Waals surface area contributed by atoms with Crippen molar-refractivity contribution in [3.05, 3.63) is 48.0 Å². The summed E-state index contributed by atoms with van der Waals surface area (Å²) in [6.45, 7) is 9.69. The minimum absolute atomic E-state index is 0.0788. The average molecular weight is 202 g/mol. The first kappa shape index (κ1) is 11.7. The highest BCUT2D eigenvalue weighted by molar-refractivity contribution is 5.94. The van der Waals surface area contributed by atoms with E-state index in [1.807, 2.05) is 24.3 Å². The van der Waals surface area contributed by atoms with E-state index in [4.69, 9.17) is 0 Å². The van der Waals surface area contributed by atoms with E-state index in [9.17, 15) is 4.79 Å². The maximum absolute atomic E-state index is 11.2. The summed E-state index contributed by atoms with van der Waals surface area (Å²) in [4.78, 5) is 11.2. The predicted octanol–water partition coefficient (Wildman–Crippen LogP) is 3.64. The van der Waals surface area contributed by atoms with Gasteiger partial charge in [0.2, 0.25) is 0 Å². The molecule has 0 unspecified atom stereocenters. The van der Waals surface area contributed by atoms with Crippen molar-refractivity contribution in [2.75, 3.05) is 0 Å². The number of carbonyl (C=O) groups excluding carboxylic acids is 1. The third-order valence-corrected chi connectivity index (χ3v) is 2.55. The lowest BCUT2D eigenvalue weighted by Crippen LogP contribution is -2.11. The smallest absolute Gasteiger partial charge is 0.159 e. The molecule has 0 fully saturated rings. The minimum atomic E-state index is 0.0788. The number of hydrogen-bond donors (Lipinski definition) is 0. The van der Waals surface area contributed by atoms with Crippen molar-refractivity contribution >= 4 is 5.78 Å². The van der Waals surface area contributed by atoms with Gasteiger partial charge in [0, 0.05) is 5.56 Å². The van der Waals surface area contributed by atoms with Crippen LogP contribution in [0.4, 0.5) is 0 Å². The Balaban J connectivity index is 2.92. The van der Waals surface area contributed by atoms with Gasteiger partial charge in [-0.25, -0.2) is 0 Å². The summed E-state index contributed by atoms with van der Waals surface area (Å²) in [7, 11) is 0. The van der Waals surface area contributed by atoms with Gasteiger partial charge in [0.15, 0.2) is 5.78 Å². The molecule has 0 aliphatic rings. The minimum Gasteiger partial charge on any atom is -0.295 e. The first-order valence-corrected chi connectivity index (χ1v) is 5.18. The normalized spacial score (nSPS) is 11.1. The fourth-order valence-electron chi connectivity index (χ4n) is 1.50. The third kappa shape index (κ3) is 3.35. The van der Waals surface area contributed by atoms with Crippen molar-refractivity contribution in [2.45, 2.75) is 27.2 Å². The number of carbonyl (C=O) groups is 1. The Labute approximate surface area is 91.8 Å². The molecule has 1 rings (SSSR count). The lowest BCUT2D eigenvalue weighted by Gasteiger charge is -2.19. The lowest BCUT2D eigenvalue weighted by atomic mass is 9.85. The molecule has 0 heterocycles. The quantitative estimate of drug-likeness (QED) is 0.538. The van der Waals surface area contributed by atoms with E-state index >= 15 is 0 Å². The number of Topliss-reactive ketones (excluding diaryl/α,β-unsaturated/α-hetero) is 1. The van der Waals surface area contributed by atoms with Crippen molar-refractivity contribution in [3.63, 3.8) is 0 Å². The highest BCUT2D eigenvalue weighted by Gasteiger charge is 2.14. The van der Waals surface area contributed by atoms with Crippen LogP contribution in [0, 0.1) is 5.41 Å². The van der Waals surface area contributed by atoms with Crippen LogP contribution in [-0.4, -0.2) is 5.78 Å². The van der Waals surface area contributed by atoms with Crippen LogP contribution in [0.5, 0.6) is 0 Å². The van der Waals surface area contributed by atoms with E-state index in [0.717, 1.165) is 12.0 Å². The van der Waals surface area contributed by atoms with Crippen LogP contribution in [0.3, 0.4) is 0 Å². The van der Waals surface area contributed by atoms with Crippen molar-refractivity contribution in [3.8, 4) is 0 Å². The summed E-state index contributed by atoms with van der Waals surface area (Å²) < 4.78 is 0. The van der Waals surface area contributed by atoms with E-state index in [1.54, 1.807) is 6.92 Å². The molecule has 0 saturated carbocycles. The Morgan fingerprint density at radius 3 is 2.67 bits per heavy atom. The molecule has 0 spiro atoms. The molecule has 1 aromatic rings. The van der Waals surface area contributed by atoms with Gasteiger partial charge < -0.3 is 0 Å². The van der Waals surface area contributed by atoms with E-state index in [0.29, 0.717) is 0 Å². The van der Waals surface area contributed by atoms with Gasteiger partial charge in [-0.1, -0.05) is 38.1 Å². The standard InChI is InChI=1S/C14H18O/c1-5-14(3,4)10-12-7-6-8-13(9-12)11(2)15/h5-9H,1,10H2,2-4H3. The second kappa shape index (κ2) is 4.43. The summed E-state index contributed by atoms with van der Waals surface area (Å²) >= 11 is 0. The first-order chi connectivity index (χ1) is 6.94. The molecule has 0 aromatic heterocycles. The molecule has 0 amide bonds. The van der Waals surface area contributed by atoms with Crippen molar-refractivity contribution in [2.24, 2.45) is 5.41 Å². The van der Waals surface area contributed by atoms with Gasteiger partial charge in [-0.05, 0) is 30.4 Å². The Morgan fingerprint density at radius 1 is 1.47 bits per heavy atom. The molecule has 0 bridgehead atoms. The van der Waals surface area contributed by atoms with Crippen molar-refractivity contribution in [1.82, 2.24) is 0 Å². The molecule has 0 saturated heterocycles. The van der Waals surface area contributed by atoms with Crippen molar-refractivity contribution in [1.29, 1.82) is 0 Å². The predicted molar refractivity (Wildman–Crippen MR) is 64.1 cm³/mol. The van der Waals surface area contributed by atoms with Crippen LogP contribution >= 0.6 is 0 Å². The lowest BCUT2D eigenvalue weighted by molar-refractivity contribution is 0.101. The topological polar surface area (TPSA) is 17.1 Å². The Bertz CT molecular complexity index is 375. The zero-order chi connectivity index (χ0) is 11.5. The molecule has 0 radical (unpaired) electrons. The Kier molecular flexibility index (Phi) is 3.46. The highest BCUT2D eigenvalue weighted by atomic mass is 16.1. The zero-order valence-corrected chi connectivity index (χ0v) is 9.71. The van der Waals surface area contributed by atoms with Gasteiger partial charge in [-0.2, -0.15) is 0 Å². The number of hydrogen-bond acceptors (Lipinski definition) is 1. The zero-order valence-electron chi connectivity index (χ0n) is 9.71. The second-order valence-corrected chi connectivity index (χ2v) is 4.63. The maximum atomic E-state index is 11.2. The van der Waals surface area contributed by atoms with Gasteiger partial charge in [-0.15, -0.1) is 6.58 Å². The number of allylic oxidation sites excluding steroid dienone is 1. The van der Waals surface area contributed by atoms with Crippen LogP contribution in [0.2, 0.25) is 0 Å². The fraction of sp³-hybridized carbons (Fsp3) is 0.357. The molecule has 80 valence electrons. The molecule has 0 aliphatic heterocycles. The van der Waals surface area contributed by atoms with Gasteiger partial charge in [-0.3, -0.25) is 4.79 Å². The molecule has 1 heteroatoms.